The summed E-state index contributed by atoms with van der Waals surface area (Å²) in [6, 6.07) is 0.375. The molecule has 0 radical (unpaired) electrons. The molecule has 0 saturated heterocycles. The van der Waals surface area contributed by atoms with Crippen LogP contribution in [0.5, 0.6) is 6.01 Å². The van der Waals surface area contributed by atoms with Gasteiger partial charge in [-0.1, -0.05) is 16.7 Å². The molecule has 13 heavy (non-hydrogen) atoms. The van der Waals surface area contributed by atoms with Gasteiger partial charge in [-0.25, -0.2) is 9.38 Å². The summed E-state index contributed by atoms with van der Waals surface area (Å²) in [7, 11) is 1.51. The number of methoxy groups -OCH3 is 1. The molecule has 0 bridgehead atoms. The first kappa shape index (κ1) is 8.71. The zero-order valence-electron chi connectivity index (χ0n) is 6.53. The number of hydrogen-bond acceptors (Lipinski definition) is 4. The van der Waals surface area contributed by atoms with Crippen molar-refractivity contribution in [3.05, 3.63) is 16.0 Å². The van der Waals surface area contributed by atoms with E-state index in [0.29, 0.717) is 21.4 Å². The van der Waals surface area contributed by atoms with E-state index in [1.165, 1.54) is 7.11 Å². The van der Waals surface area contributed by atoms with Gasteiger partial charge in [0, 0.05) is 0 Å². The lowest BCUT2D eigenvalue weighted by Crippen LogP contribution is -1.93. The highest BCUT2D eigenvalue weighted by Crippen LogP contribution is 2.20. The second kappa shape index (κ2) is 3.12. The molecule has 0 aromatic carbocycles. The second-order valence-corrected chi connectivity index (χ2v) is 3.37. The van der Waals surface area contributed by atoms with E-state index in [0.717, 1.165) is 0 Å². The number of ether oxygens (including phenoxy) is 1. The van der Waals surface area contributed by atoms with Gasteiger partial charge in [0.25, 0.3) is 0 Å². The van der Waals surface area contributed by atoms with Gasteiger partial charge in [-0.15, -0.1) is 5.10 Å². The summed E-state index contributed by atoms with van der Waals surface area (Å²) in [5.41, 5.74) is 0.571. The van der Waals surface area contributed by atoms with Crippen LogP contribution in [-0.4, -0.2) is 26.7 Å². The lowest BCUT2D eigenvalue weighted by molar-refractivity contribution is 0.375. The molecule has 0 atom stereocenters. The van der Waals surface area contributed by atoms with Crippen molar-refractivity contribution in [2.75, 3.05) is 7.11 Å². The van der Waals surface area contributed by atoms with Crippen LogP contribution in [0.4, 0.5) is 0 Å². The van der Waals surface area contributed by atoms with Crippen molar-refractivity contribution < 1.29 is 4.74 Å². The first-order valence-corrected chi connectivity index (χ1v) is 4.50. The van der Waals surface area contributed by atoms with Crippen molar-refractivity contribution in [1.29, 1.82) is 0 Å². The molecule has 0 aliphatic heterocycles. The van der Waals surface area contributed by atoms with Crippen molar-refractivity contribution in [1.82, 2.24) is 19.6 Å². The molecule has 2 aromatic heterocycles. The zero-order chi connectivity index (χ0) is 9.42. The van der Waals surface area contributed by atoms with Gasteiger partial charge in [-0.2, -0.15) is 0 Å². The molecule has 0 fully saturated rings. The van der Waals surface area contributed by atoms with Crippen molar-refractivity contribution in [2.24, 2.45) is 0 Å². The van der Waals surface area contributed by atoms with Gasteiger partial charge in [-0.3, -0.25) is 0 Å². The largest absolute Gasteiger partial charge is 0.467 e. The summed E-state index contributed by atoms with van der Waals surface area (Å²) in [5, 5.41) is 7.97. The number of halogens is 2. The van der Waals surface area contributed by atoms with Gasteiger partial charge >= 0.3 is 6.01 Å². The van der Waals surface area contributed by atoms with Crippen LogP contribution in [0.2, 0.25) is 5.15 Å². The highest BCUT2D eigenvalue weighted by molar-refractivity contribution is 9.10. The van der Waals surface area contributed by atoms with Crippen molar-refractivity contribution in [3.63, 3.8) is 0 Å². The smallest absolute Gasteiger partial charge is 0.321 e. The van der Waals surface area contributed by atoms with Gasteiger partial charge in [0.05, 0.1) is 13.3 Å². The molecular weight excluding hydrogens is 259 g/mol. The van der Waals surface area contributed by atoms with Crippen LogP contribution in [0.15, 0.2) is 10.8 Å². The van der Waals surface area contributed by atoms with Crippen LogP contribution in [0, 0.1) is 0 Å². The summed E-state index contributed by atoms with van der Waals surface area (Å²) >= 11 is 8.95. The molecule has 0 N–H and O–H groups in total. The Morgan fingerprint density at radius 2 is 2.31 bits per heavy atom. The molecule has 0 saturated carbocycles. The number of aromatic nitrogens is 4. The van der Waals surface area contributed by atoms with E-state index in [-0.39, 0.29) is 0 Å². The van der Waals surface area contributed by atoms with Gasteiger partial charge in [0.2, 0.25) is 0 Å². The topological polar surface area (TPSA) is 52.3 Å². The summed E-state index contributed by atoms with van der Waals surface area (Å²) in [4.78, 5) is 3.95. The molecule has 5 nitrogen and oxygen atoms in total. The maximum absolute atomic E-state index is 5.74. The average Bonchev–Trinajstić information content (AvgIpc) is 2.47. The number of rotatable bonds is 1. The summed E-state index contributed by atoms with van der Waals surface area (Å²) < 4.78 is 7.11. The fourth-order valence-electron chi connectivity index (χ4n) is 0.952. The Kier molecular flexibility index (Phi) is 2.09. The molecule has 2 rings (SSSR count). The SMILES string of the molecule is COc1nnc2c(Br)nc(Cl)cn12. The Balaban J connectivity index is 2.82. The van der Waals surface area contributed by atoms with Gasteiger partial charge in [0.15, 0.2) is 10.3 Å². The fourth-order valence-corrected chi connectivity index (χ4v) is 1.70. The third kappa shape index (κ3) is 1.36. The third-order valence-electron chi connectivity index (χ3n) is 1.47. The van der Waals surface area contributed by atoms with Crippen molar-refractivity contribution >= 4 is 33.2 Å². The Bertz CT molecular complexity index is 457. The van der Waals surface area contributed by atoms with E-state index in [1.54, 1.807) is 10.6 Å². The lowest BCUT2D eigenvalue weighted by atomic mass is 10.7. The third-order valence-corrected chi connectivity index (χ3v) is 2.19. The Morgan fingerprint density at radius 3 is 3.00 bits per heavy atom. The Labute approximate surface area is 86.8 Å². The van der Waals surface area contributed by atoms with Crippen LogP contribution in [0.25, 0.3) is 5.65 Å². The van der Waals surface area contributed by atoms with Crippen LogP contribution in [-0.2, 0) is 0 Å². The minimum Gasteiger partial charge on any atom is -0.467 e. The second-order valence-electron chi connectivity index (χ2n) is 2.23. The van der Waals surface area contributed by atoms with Gasteiger partial charge < -0.3 is 4.74 Å². The standard InChI is InChI=1S/C6H4BrClN4O/c1-13-6-11-10-5-4(7)9-3(8)2-12(5)6/h2H,1H3. The van der Waals surface area contributed by atoms with E-state index < -0.39 is 0 Å². The number of fused-ring (bicyclic) bond motifs is 1. The molecule has 68 valence electrons. The van der Waals surface area contributed by atoms with E-state index in [2.05, 4.69) is 31.1 Å². The quantitative estimate of drug-likeness (QED) is 0.783. The van der Waals surface area contributed by atoms with Crippen LogP contribution < -0.4 is 4.74 Å². The summed E-state index contributed by atoms with van der Waals surface area (Å²) in [6.07, 6.45) is 1.58. The van der Waals surface area contributed by atoms with E-state index >= 15 is 0 Å². The maximum atomic E-state index is 5.74. The summed E-state index contributed by atoms with van der Waals surface area (Å²) in [6.45, 7) is 0. The Hall–Kier alpha value is -0.880. The molecule has 2 aromatic rings. The molecule has 2 heterocycles. The monoisotopic (exact) mass is 262 g/mol. The molecule has 0 amide bonds. The molecule has 0 unspecified atom stereocenters. The molecule has 0 spiro atoms. The predicted octanol–water partition coefficient (Wildman–Crippen LogP) is 1.55. The normalized spacial score (nSPS) is 10.7. The van der Waals surface area contributed by atoms with E-state index in [4.69, 9.17) is 16.3 Å². The fraction of sp³-hybridized carbons (Fsp3) is 0.167. The van der Waals surface area contributed by atoms with Crippen molar-refractivity contribution in [2.45, 2.75) is 0 Å². The van der Waals surface area contributed by atoms with Crippen molar-refractivity contribution in [3.8, 4) is 6.01 Å². The minimum atomic E-state index is 0.345. The van der Waals surface area contributed by atoms with Crippen LogP contribution >= 0.6 is 27.5 Å². The predicted molar refractivity (Wildman–Crippen MR) is 50.0 cm³/mol. The molecule has 0 aliphatic carbocycles. The highest BCUT2D eigenvalue weighted by Gasteiger charge is 2.09. The first-order chi connectivity index (χ1) is 6.22. The maximum Gasteiger partial charge on any atom is 0.321 e. The van der Waals surface area contributed by atoms with Crippen LogP contribution in [0.1, 0.15) is 0 Å². The lowest BCUT2D eigenvalue weighted by Gasteiger charge is -1.98. The minimum absolute atomic E-state index is 0.345. The van der Waals surface area contributed by atoms with E-state index in [9.17, 15) is 0 Å². The van der Waals surface area contributed by atoms with Gasteiger partial charge in [-0.05, 0) is 15.9 Å². The highest BCUT2D eigenvalue weighted by atomic mass is 79.9. The van der Waals surface area contributed by atoms with Crippen LogP contribution in [0.3, 0.4) is 0 Å². The van der Waals surface area contributed by atoms with Gasteiger partial charge in [0.1, 0.15) is 5.15 Å². The molecule has 0 aliphatic rings. The first-order valence-electron chi connectivity index (χ1n) is 3.33. The average molecular weight is 263 g/mol. The Morgan fingerprint density at radius 1 is 1.54 bits per heavy atom. The number of hydrogen-bond donors (Lipinski definition) is 0. The molecular formula is C6H4BrClN4O. The summed E-state index contributed by atoms with van der Waals surface area (Å²) in [5.74, 6) is 0. The number of nitrogens with zero attached hydrogens (tertiary/aromatic N) is 4. The zero-order valence-corrected chi connectivity index (χ0v) is 8.87. The van der Waals surface area contributed by atoms with E-state index in [1.807, 2.05) is 0 Å². The molecule has 7 heteroatoms.